The third-order valence-corrected chi connectivity index (χ3v) is 6.24. The van der Waals surface area contributed by atoms with E-state index in [1.54, 1.807) is 55.5 Å². The highest BCUT2D eigenvalue weighted by molar-refractivity contribution is 7.18. The molecule has 1 aromatic heterocycles. The van der Waals surface area contributed by atoms with Crippen LogP contribution in [0.4, 0.5) is 0 Å². The molecule has 1 aliphatic heterocycles. The smallest absolute Gasteiger partial charge is 0.342 e. The van der Waals surface area contributed by atoms with Crippen LogP contribution in [0.2, 0.25) is 4.34 Å². The van der Waals surface area contributed by atoms with Crippen molar-refractivity contribution in [2.75, 3.05) is 13.2 Å². The van der Waals surface area contributed by atoms with Gasteiger partial charge in [0.15, 0.2) is 6.61 Å². The number of halogens is 1. The summed E-state index contributed by atoms with van der Waals surface area (Å²) in [6.45, 7) is 1.60. The van der Waals surface area contributed by atoms with E-state index in [1.807, 2.05) is 0 Å². The molecular weight excluding hydrogens is 466 g/mol. The van der Waals surface area contributed by atoms with Gasteiger partial charge in [-0.3, -0.25) is 19.3 Å². The van der Waals surface area contributed by atoms with Crippen LogP contribution in [0, 0.1) is 0 Å². The zero-order valence-electron chi connectivity index (χ0n) is 17.5. The van der Waals surface area contributed by atoms with E-state index in [0.717, 1.165) is 16.2 Å². The number of amides is 2. The Balaban J connectivity index is 1.52. The molecule has 0 fully saturated rings. The van der Waals surface area contributed by atoms with Crippen LogP contribution in [0.3, 0.4) is 0 Å². The van der Waals surface area contributed by atoms with Crippen LogP contribution in [-0.4, -0.2) is 41.7 Å². The van der Waals surface area contributed by atoms with Crippen molar-refractivity contribution in [1.82, 2.24) is 4.90 Å². The highest BCUT2D eigenvalue weighted by Crippen LogP contribution is 2.27. The van der Waals surface area contributed by atoms with E-state index in [-0.39, 0.29) is 23.6 Å². The van der Waals surface area contributed by atoms with E-state index in [1.165, 1.54) is 6.07 Å². The number of Topliss-reactive ketones (excluding diaryl/α,β-unsaturated/α-hetero) is 1. The van der Waals surface area contributed by atoms with Crippen molar-refractivity contribution >= 4 is 46.5 Å². The van der Waals surface area contributed by atoms with Gasteiger partial charge in [-0.25, -0.2) is 4.79 Å². The van der Waals surface area contributed by atoms with E-state index >= 15 is 0 Å². The molecule has 0 unspecified atom stereocenters. The third kappa shape index (κ3) is 4.67. The molecule has 0 saturated heterocycles. The summed E-state index contributed by atoms with van der Waals surface area (Å²) < 4.78 is 11.2. The Bertz CT molecular complexity index is 1230. The Kier molecular flexibility index (Phi) is 6.57. The Labute approximate surface area is 198 Å². The number of nitrogens with zero attached hydrogens (tertiary/aromatic N) is 1. The van der Waals surface area contributed by atoms with Gasteiger partial charge in [0.1, 0.15) is 11.3 Å². The fourth-order valence-corrected chi connectivity index (χ4v) is 4.39. The lowest BCUT2D eigenvalue weighted by atomic mass is 10.1. The highest BCUT2D eigenvalue weighted by atomic mass is 35.5. The average molecular weight is 484 g/mol. The number of thiophene rings is 1. The van der Waals surface area contributed by atoms with E-state index < -0.39 is 24.4 Å². The monoisotopic (exact) mass is 483 g/mol. The number of carbonyl (C=O) groups excluding carboxylic acids is 4. The van der Waals surface area contributed by atoms with Crippen molar-refractivity contribution in [2.24, 2.45) is 0 Å². The maximum absolute atomic E-state index is 12.8. The summed E-state index contributed by atoms with van der Waals surface area (Å²) in [6.07, 6.45) is 0. The van der Waals surface area contributed by atoms with Crippen molar-refractivity contribution < 1.29 is 28.7 Å². The van der Waals surface area contributed by atoms with Gasteiger partial charge in [-0.2, -0.15) is 0 Å². The maximum Gasteiger partial charge on any atom is 0.342 e. The molecule has 0 aliphatic carbocycles. The van der Waals surface area contributed by atoms with Gasteiger partial charge < -0.3 is 9.47 Å². The molecule has 0 N–H and O–H groups in total. The molecular formula is C24H18ClNO6S. The molecule has 0 bridgehead atoms. The summed E-state index contributed by atoms with van der Waals surface area (Å²) in [5, 5.41) is 0. The van der Waals surface area contributed by atoms with Crippen molar-refractivity contribution in [3.63, 3.8) is 0 Å². The Morgan fingerprint density at radius 1 is 1.00 bits per heavy atom. The minimum absolute atomic E-state index is 0.0222. The van der Waals surface area contributed by atoms with E-state index in [4.69, 9.17) is 21.1 Å². The van der Waals surface area contributed by atoms with Gasteiger partial charge in [0.25, 0.3) is 11.8 Å². The second kappa shape index (κ2) is 9.56. The van der Waals surface area contributed by atoms with Crippen LogP contribution < -0.4 is 4.74 Å². The lowest BCUT2D eigenvalue weighted by Crippen LogP contribution is -2.29. The molecule has 3 aromatic rings. The predicted molar refractivity (Wildman–Crippen MR) is 122 cm³/mol. The topological polar surface area (TPSA) is 90.0 Å². The minimum Gasteiger partial charge on any atom is -0.493 e. The van der Waals surface area contributed by atoms with Crippen LogP contribution in [0.15, 0.2) is 54.6 Å². The van der Waals surface area contributed by atoms with Crippen molar-refractivity contribution in [2.45, 2.75) is 13.5 Å². The van der Waals surface area contributed by atoms with Crippen molar-refractivity contribution in [3.8, 4) is 5.75 Å². The first-order valence-electron chi connectivity index (χ1n) is 10.1. The fourth-order valence-electron chi connectivity index (χ4n) is 3.43. The minimum atomic E-state index is -0.751. The van der Waals surface area contributed by atoms with Gasteiger partial charge in [0.05, 0.1) is 33.5 Å². The quantitative estimate of drug-likeness (QED) is 0.263. The van der Waals surface area contributed by atoms with Crippen molar-refractivity contribution in [3.05, 3.63) is 86.1 Å². The first-order valence-corrected chi connectivity index (χ1v) is 11.2. The highest BCUT2D eigenvalue weighted by Gasteiger charge is 2.35. The summed E-state index contributed by atoms with van der Waals surface area (Å²) in [6, 6.07) is 14.5. The molecule has 0 saturated carbocycles. The Hall–Kier alpha value is -3.49. The number of benzene rings is 2. The van der Waals surface area contributed by atoms with Crippen molar-refractivity contribution in [1.29, 1.82) is 0 Å². The number of carbonyl (C=O) groups is 4. The Morgan fingerprint density at radius 2 is 1.70 bits per heavy atom. The van der Waals surface area contributed by atoms with Crippen LogP contribution in [0.1, 0.15) is 53.2 Å². The van der Waals surface area contributed by atoms with Gasteiger partial charge in [-0.05, 0) is 48.9 Å². The van der Waals surface area contributed by atoms with E-state index in [0.29, 0.717) is 32.5 Å². The molecule has 2 heterocycles. The standard InChI is InChI=1S/C24H18ClNO6S/c1-2-31-19-8-7-14(12-26-22(28)15-5-3-4-6-16(15)23(26)29)11-17(19)24(30)32-13-18(27)20-9-10-21(25)33-20/h3-11H,2,12-13H2,1H3. The van der Waals surface area contributed by atoms with Gasteiger partial charge >= 0.3 is 5.97 Å². The first-order chi connectivity index (χ1) is 15.9. The summed E-state index contributed by atoms with van der Waals surface area (Å²) in [5.41, 5.74) is 1.33. The molecule has 33 heavy (non-hydrogen) atoms. The number of fused-ring (bicyclic) bond motifs is 1. The molecule has 4 rings (SSSR count). The zero-order valence-corrected chi connectivity index (χ0v) is 19.1. The van der Waals surface area contributed by atoms with Gasteiger partial charge in [-0.1, -0.05) is 29.8 Å². The number of ketones is 1. The molecule has 2 aromatic carbocycles. The second-order valence-electron chi connectivity index (χ2n) is 7.11. The fraction of sp³-hybridized carbons (Fsp3) is 0.167. The molecule has 0 atom stereocenters. The number of rotatable bonds is 8. The average Bonchev–Trinajstić information content (AvgIpc) is 3.36. The van der Waals surface area contributed by atoms with Crippen LogP contribution in [0.5, 0.6) is 5.75 Å². The number of hydrogen-bond acceptors (Lipinski definition) is 7. The molecule has 0 radical (unpaired) electrons. The predicted octanol–water partition coefficient (Wildman–Crippen LogP) is 4.64. The lowest BCUT2D eigenvalue weighted by Gasteiger charge is -2.16. The largest absolute Gasteiger partial charge is 0.493 e. The van der Waals surface area contributed by atoms with Crippen LogP contribution >= 0.6 is 22.9 Å². The number of ether oxygens (including phenoxy) is 2. The number of hydrogen-bond donors (Lipinski definition) is 0. The normalized spacial score (nSPS) is 12.6. The SMILES string of the molecule is CCOc1ccc(CN2C(=O)c3ccccc3C2=O)cc1C(=O)OCC(=O)c1ccc(Cl)s1. The van der Waals surface area contributed by atoms with Crippen LogP contribution in [-0.2, 0) is 11.3 Å². The summed E-state index contributed by atoms with van der Waals surface area (Å²) in [5.74, 6) is -1.64. The summed E-state index contributed by atoms with van der Waals surface area (Å²) in [4.78, 5) is 51.8. The number of esters is 1. The molecule has 9 heteroatoms. The summed E-state index contributed by atoms with van der Waals surface area (Å²) >= 11 is 6.95. The first kappa shape index (κ1) is 22.7. The van der Waals surface area contributed by atoms with Gasteiger partial charge in [0.2, 0.25) is 5.78 Å². The molecule has 168 valence electrons. The molecule has 2 amide bonds. The Morgan fingerprint density at radius 3 is 2.30 bits per heavy atom. The molecule has 0 spiro atoms. The maximum atomic E-state index is 12.8. The van der Waals surface area contributed by atoms with E-state index in [2.05, 4.69) is 0 Å². The second-order valence-corrected chi connectivity index (χ2v) is 8.82. The molecule has 1 aliphatic rings. The van der Waals surface area contributed by atoms with Crippen LogP contribution in [0.25, 0.3) is 0 Å². The third-order valence-electron chi connectivity index (χ3n) is 4.96. The van der Waals surface area contributed by atoms with Gasteiger partial charge in [0, 0.05) is 0 Å². The number of imide groups is 1. The van der Waals surface area contributed by atoms with E-state index in [9.17, 15) is 19.2 Å². The lowest BCUT2D eigenvalue weighted by molar-refractivity contribution is 0.0472. The molecule has 7 nitrogen and oxygen atoms in total. The van der Waals surface area contributed by atoms with Gasteiger partial charge in [-0.15, -0.1) is 11.3 Å². The summed E-state index contributed by atoms with van der Waals surface area (Å²) in [7, 11) is 0. The zero-order chi connectivity index (χ0) is 23.5.